The van der Waals surface area contributed by atoms with Crippen LogP contribution in [0.4, 0.5) is 5.82 Å². The molecule has 0 atom stereocenters. The minimum atomic E-state index is -0.0908. The predicted octanol–water partition coefficient (Wildman–Crippen LogP) is 2.06. The number of aromatic nitrogens is 1. The highest BCUT2D eigenvalue weighted by atomic mass is 16.5. The van der Waals surface area contributed by atoms with Crippen LogP contribution in [0.15, 0.2) is 42.6 Å². The van der Waals surface area contributed by atoms with Gasteiger partial charge >= 0.3 is 0 Å². The molecular formula is C20H26N4O2. The molecule has 0 bridgehead atoms. The molecule has 3 rings (SSSR count). The molecule has 6 heteroatoms. The molecule has 138 valence electrons. The van der Waals surface area contributed by atoms with E-state index in [1.165, 1.54) is 5.56 Å². The summed E-state index contributed by atoms with van der Waals surface area (Å²) in [7, 11) is 0. The predicted molar refractivity (Wildman–Crippen MR) is 102 cm³/mol. The number of carbonyl (C=O) groups excluding carboxylic acids is 1. The molecule has 1 aromatic heterocycles. The highest BCUT2D eigenvalue weighted by Gasteiger charge is 2.10. The summed E-state index contributed by atoms with van der Waals surface area (Å²) in [5, 5.41) is 6.27. The molecule has 1 aliphatic rings. The van der Waals surface area contributed by atoms with E-state index in [1.807, 2.05) is 31.2 Å². The second kappa shape index (κ2) is 9.31. The van der Waals surface area contributed by atoms with Gasteiger partial charge in [-0.1, -0.05) is 24.3 Å². The maximum absolute atomic E-state index is 12.4. The second-order valence-corrected chi connectivity index (χ2v) is 6.42. The Morgan fingerprint density at radius 3 is 2.85 bits per heavy atom. The van der Waals surface area contributed by atoms with Gasteiger partial charge < -0.3 is 15.4 Å². The number of carbonyl (C=O) groups is 1. The molecule has 1 aromatic carbocycles. The van der Waals surface area contributed by atoms with Crippen LogP contribution >= 0.6 is 0 Å². The van der Waals surface area contributed by atoms with Gasteiger partial charge in [0.1, 0.15) is 5.82 Å². The van der Waals surface area contributed by atoms with E-state index in [0.29, 0.717) is 12.1 Å². The maximum atomic E-state index is 12.4. The first-order valence-electron chi connectivity index (χ1n) is 9.05. The van der Waals surface area contributed by atoms with Crippen LogP contribution in [-0.2, 0) is 11.3 Å². The van der Waals surface area contributed by atoms with E-state index >= 15 is 0 Å². The topological polar surface area (TPSA) is 66.5 Å². The Kier molecular flexibility index (Phi) is 6.57. The summed E-state index contributed by atoms with van der Waals surface area (Å²) in [6.45, 7) is 7.84. The fourth-order valence-electron chi connectivity index (χ4n) is 2.92. The van der Waals surface area contributed by atoms with Gasteiger partial charge in [0.2, 0.25) is 0 Å². The van der Waals surface area contributed by atoms with E-state index in [9.17, 15) is 4.79 Å². The first-order valence-corrected chi connectivity index (χ1v) is 9.05. The first-order chi connectivity index (χ1) is 12.7. The molecule has 6 nitrogen and oxygen atoms in total. The van der Waals surface area contributed by atoms with Crippen molar-refractivity contribution in [3.05, 3.63) is 59.3 Å². The number of nitrogens with one attached hydrogen (secondary N) is 2. The van der Waals surface area contributed by atoms with Gasteiger partial charge in [0.05, 0.1) is 13.2 Å². The van der Waals surface area contributed by atoms with Crippen LogP contribution in [0.2, 0.25) is 0 Å². The van der Waals surface area contributed by atoms with Crippen molar-refractivity contribution >= 4 is 11.7 Å². The van der Waals surface area contributed by atoms with Gasteiger partial charge in [-0.2, -0.15) is 0 Å². The summed E-state index contributed by atoms with van der Waals surface area (Å²) in [6.07, 6.45) is 1.67. The molecule has 0 aliphatic carbocycles. The van der Waals surface area contributed by atoms with Crippen LogP contribution < -0.4 is 10.6 Å². The smallest absolute Gasteiger partial charge is 0.251 e. The van der Waals surface area contributed by atoms with Gasteiger partial charge in [0.15, 0.2) is 0 Å². The molecule has 1 fully saturated rings. The average molecular weight is 354 g/mol. The third-order valence-electron chi connectivity index (χ3n) is 4.56. The van der Waals surface area contributed by atoms with Gasteiger partial charge in [-0.3, -0.25) is 9.69 Å². The fraction of sp³-hybridized carbons (Fsp3) is 0.400. The number of pyridine rings is 1. The van der Waals surface area contributed by atoms with Crippen molar-refractivity contribution in [3.8, 4) is 0 Å². The number of hydrogen-bond donors (Lipinski definition) is 2. The Bertz CT molecular complexity index is 729. The zero-order valence-corrected chi connectivity index (χ0v) is 15.2. The van der Waals surface area contributed by atoms with Crippen molar-refractivity contribution < 1.29 is 9.53 Å². The third kappa shape index (κ3) is 5.28. The molecule has 0 radical (unpaired) electrons. The molecule has 0 spiro atoms. The molecular weight excluding hydrogens is 328 g/mol. The number of aryl methyl sites for hydroxylation is 1. The number of hydrogen-bond acceptors (Lipinski definition) is 5. The summed E-state index contributed by atoms with van der Waals surface area (Å²) in [5.74, 6) is 0.633. The van der Waals surface area contributed by atoms with E-state index in [2.05, 4.69) is 20.5 Å². The SMILES string of the molecule is Cc1ccccc1CNC(=O)c1ccnc(NCCN2CCOCC2)c1. The second-order valence-electron chi connectivity index (χ2n) is 6.42. The lowest BCUT2D eigenvalue weighted by Gasteiger charge is -2.26. The molecule has 1 aliphatic heterocycles. The zero-order chi connectivity index (χ0) is 18.2. The molecule has 1 amide bonds. The van der Waals surface area contributed by atoms with Crippen molar-refractivity contribution in [3.63, 3.8) is 0 Å². The van der Waals surface area contributed by atoms with E-state index in [4.69, 9.17) is 4.74 Å². The molecule has 1 saturated heterocycles. The van der Waals surface area contributed by atoms with E-state index in [1.54, 1.807) is 18.3 Å². The van der Waals surface area contributed by atoms with Crippen LogP contribution in [-0.4, -0.2) is 55.2 Å². The maximum Gasteiger partial charge on any atom is 0.251 e. The normalized spacial score (nSPS) is 14.8. The Hall–Kier alpha value is -2.44. The van der Waals surface area contributed by atoms with Crippen LogP contribution in [0, 0.1) is 6.92 Å². The third-order valence-corrected chi connectivity index (χ3v) is 4.56. The fourth-order valence-corrected chi connectivity index (χ4v) is 2.92. The number of morpholine rings is 1. The lowest BCUT2D eigenvalue weighted by molar-refractivity contribution is 0.0398. The molecule has 2 heterocycles. The zero-order valence-electron chi connectivity index (χ0n) is 15.2. The molecule has 0 saturated carbocycles. The van der Waals surface area contributed by atoms with Crippen molar-refractivity contribution in [1.82, 2.24) is 15.2 Å². The van der Waals surface area contributed by atoms with Gasteiger partial charge in [-0.15, -0.1) is 0 Å². The van der Waals surface area contributed by atoms with Gasteiger partial charge in [-0.05, 0) is 30.2 Å². The highest BCUT2D eigenvalue weighted by Crippen LogP contribution is 2.09. The standard InChI is InChI=1S/C20H26N4O2/c1-16-4-2-3-5-18(16)15-23-20(25)17-6-7-21-19(14-17)22-8-9-24-10-12-26-13-11-24/h2-7,14H,8-13,15H2,1H3,(H,21,22)(H,23,25). The Balaban J connectivity index is 1.49. The number of anilines is 1. The lowest BCUT2D eigenvalue weighted by atomic mass is 10.1. The van der Waals surface area contributed by atoms with Crippen molar-refractivity contribution in [1.29, 1.82) is 0 Å². The average Bonchev–Trinajstić information content (AvgIpc) is 2.68. The van der Waals surface area contributed by atoms with E-state index in [0.717, 1.165) is 50.8 Å². The Labute approximate surface area is 154 Å². The summed E-state index contributed by atoms with van der Waals surface area (Å²) in [5.41, 5.74) is 2.91. The van der Waals surface area contributed by atoms with Crippen LogP contribution in [0.25, 0.3) is 0 Å². The molecule has 2 N–H and O–H groups in total. The summed E-state index contributed by atoms with van der Waals surface area (Å²) in [6, 6.07) is 11.6. The van der Waals surface area contributed by atoms with Crippen molar-refractivity contribution in [2.75, 3.05) is 44.7 Å². The molecule has 26 heavy (non-hydrogen) atoms. The summed E-state index contributed by atoms with van der Waals surface area (Å²) >= 11 is 0. The number of nitrogens with zero attached hydrogens (tertiary/aromatic N) is 2. The molecule has 2 aromatic rings. The number of amides is 1. The summed E-state index contributed by atoms with van der Waals surface area (Å²) in [4.78, 5) is 19.1. The first kappa shape index (κ1) is 18.4. The number of rotatable bonds is 7. The quantitative estimate of drug-likeness (QED) is 0.797. The van der Waals surface area contributed by atoms with Gasteiger partial charge in [0, 0.05) is 44.5 Å². The highest BCUT2D eigenvalue weighted by molar-refractivity contribution is 5.94. The van der Waals surface area contributed by atoms with Gasteiger partial charge in [0.25, 0.3) is 5.91 Å². The van der Waals surface area contributed by atoms with E-state index in [-0.39, 0.29) is 5.91 Å². The van der Waals surface area contributed by atoms with Crippen molar-refractivity contribution in [2.24, 2.45) is 0 Å². The monoisotopic (exact) mass is 354 g/mol. The Morgan fingerprint density at radius 2 is 2.04 bits per heavy atom. The van der Waals surface area contributed by atoms with Crippen LogP contribution in [0.5, 0.6) is 0 Å². The number of benzene rings is 1. The minimum absolute atomic E-state index is 0.0908. The van der Waals surface area contributed by atoms with E-state index < -0.39 is 0 Å². The Morgan fingerprint density at radius 1 is 1.23 bits per heavy atom. The largest absolute Gasteiger partial charge is 0.379 e. The summed E-state index contributed by atoms with van der Waals surface area (Å²) < 4.78 is 5.35. The van der Waals surface area contributed by atoms with Crippen LogP contribution in [0.3, 0.4) is 0 Å². The minimum Gasteiger partial charge on any atom is -0.379 e. The van der Waals surface area contributed by atoms with Crippen LogP contribution in [0.1, 0.15) is 21.5 Å². The lowest BCUT2D eigenvalue weighted by Crippen LogP contribution is -2.39. The van der Waals surface area contributed by atoms with Crippen molar-refractivity contribution in [2.45, 2.75) is 13.5 Å². The number of ether oxygens (including phenoxy) is 1. The van der Waals surface area contributed by atoms with Gasteiger partial charge in [-0.25, -0.2) is 4.98 Å². The molecule has 0 unspecified atom stereocenters.